The number of likely N-dealkylation sites (N-methyl/N-ethyl adjacent to an activating group) is 1. The number of pyridine rings is 1. The van der Waals surface area contributed by atoms with Gasteiger partial charge in [-0.25, -0.2) is 0 Å². The van der Waals surface area contributed by atoms with Crippen LogP contribution in [0, 0.1) is 0 Å². The van der Waals surface area contributed by atoms with E-state index < -0.39 is 0 Å². The number of aromatic nitrogens is 1. The maximum Gasteiger partial charge on any atom is 0.255 e. The molecule has 2 aliphatic rings. The molecule has 1 aromatic heterocycles. The fourth-order valence-corrected chi connectivity index (χ4v) is 3.94. The zero-order valence-electron chi connectivity index (χ0n) is 13.0. The molecule has 4 heteroatoms. The van der Waals surface area contributed by atoms with E-state index in [2.05, 4.69) is 16.8 Å². The molecule has 22 heavy (non-hydrogen) atoms. The highest BCUT2D eigenvalue weighted by atomic mass is 16.2. The second kappa shape index (κ2) is 5.06. The van der Waals surface area contributed by atoms with Crippen LogP contribution in [0.15, 0.2) is 36.5 Å². The van der Waals surface area contributed by atoms with Crippen molar-refractivity contribution in [2.24, 2.45) is 0 Å². The highest BCUT2D eigenvalue weighted by molar-refractivity contribution is 5.97. The maximum atomic E-state index is 12.8. The Hall–Kier alpha value is -1.94. The summed E-state index contributed by atoms with van der Waals surface area (Å²) in [6.07, 6.45) is 4.04. The van der Waals surface area contributed by atoms with Crippen molar-refractivity contribution in [1.29, 1.82) is 0 Å². The van der Waals surface area contributed by atoms with Crippen LogP contribution < -0.4 is 0 Å². The Bertz CT molecular complexity index is 727. The molecule has 4 nitrogen and oxygen atoms in total. The first kappa shape index (κ1) is 13.7. The molecule has 0 bridgehead atoms. The summed E-state index contributed by atoms with van der Waals surface area (Å²) in [5.74, 6) is 0.123. The highest BCUT2D eigenvalue weighted by Crippen LogP contribution is 2.39. The lowest BCUT2D eigenvalue weighted by molar-refractivity contribution is -0.000766. The predicted molar refractivity (Wildman–Crippen MR) is 86.9 cm³/mol. The van der Waals surface area contributed by atoms with Gasteiger partial charge < -0.3 is 4.90 Å². The normalized spacial score (nSPS) is 24.9. The molecule has 4 rings (SSSR count). The zero-order chi connectivity index (χ0) is 15.2. The molecule has 2 aliphatic heterocycles. The summed E-state index contributed by atoms with van der Waals surface area (Å²) >= 11 is 0. The Labute approximate surface area is 130 Å². The Morgan fingerprint density at radius 3 is 2.86 bits per heavy atom. The van der Waals surface area contributed by atoms with E-state index in [4.69, 9.17) is 0 Å². The number of hydrogen-bond acceptors (Lipinski definition) is 3. The lowest BCUT2D eigenvalue weighted by Crippen LogP contribution is -2.61. The largest absolute Gasteiger partial charge is 0.337 e. The molecule has 0 saturated carbocycles. The van der Waals surface area contributed by atoms with E-state index in [1.807, 2.05) is 35.2 Å². The molecule has 0 radical (unpaired) electrons. The van der Waals surface area contributed by atoms with Crippen LogP contribution in [0.2, 0.25) is 0 Å². The van der Waals surface area contributed by atoms with Crippen LogP contribution in [0.25, 0.3) is 10.9 Å². The number of likely N-dealkylation sites (tertiary alicyclic amines) is 2. The monoisotopic (exact) mass is 295 g/mol. The van der Waals surface area contributed by atoms with Gasteiger partial charge in [-0.2, -0.15) is 0 Å². The van der Waals surface area contributed by atoms with Crippen molar-refractivity contribution in [1.82, 2.24) is 14.8 Å². The molecular weight excluding hydrogens is 274 g/mol. The second-order valence-corrected chi connectivity index (χ2v) is 6.45. The summed E-state index contributed by atoms with van der Waals surface area (Å²) in [7, 11) is 0. The van der Waals surface area contributed by atoms with Crippen LogP contribution in [-0.2, 0) is 0 Å². The van der Waals surface area contributed by atoms with E-state index >= 15 is 0 Å². The summed E-state index contributed by atoms with van der Waals surface area (Å²) in [4.78, 5) is 21.7. The SMILES string of the molecule is CCN1CC[C@@]12CCN(C(=O)c1cnc3ccccc3c1)C2. The number of para-hydroxylation sites is 1. The predicted octanol–water partition coefficient (Wildman–Crippen LogP) is 2.55. The number of hydrogen-bond donors (Lipinski definition) is 0. The van der Waals surface area contributed by atoms with Gasteiger partial charge in [-0.15, -0.1) is 0 Å². The molecule has 0 N–H and O–H groups in total. The molecule has 1 aromatic carbocycles. The van der Waals surface area contributed by atoms with Gasteiger partial charge in [0.1, 0.15) is 0 Å². The quantitative estimate of drug-likeness (QED) is 0.854. The Morgan fingerprint density at radius 2 is 2.09 bits per heavy atom. The Morgan fingerprint density at radius 1 is 1.27 bits per heavy atom. The van der Waals surface area contributed by atoms with E-state index in [9.17, 15) is 4.79 Å². The van der Waals surface area contributed by atoms with Crippen LogP contribution >= 0.6 is 0 Å². The average Bonchev–Trinajstić information content (AvgIpc) is 3.01. The van der Waals surface area contributed by atoms with Gasteiger partial charge in [-0.3, -0.25) is 14.7 Å². The van der Waals surface area contributed by atoms with Crippen LogP contribution in [0.5, 0.6) is 0 Å². The fourth-order valence-electron chi connectivity index (χ4n) is 3.94. The van der Waals surface area contributed by atoms with E-state index in [0.29, 0.717) is 5.56 Å². The number of fused-ring (bicyclic) bond motifs is 1. The molecular formula is C18H21N3O. The minimum absolute atomic E-state index is 0.123. The molecule has 2 saturated heterocycles. The number of benzene rings is 1. The molecule has 1 amide bonds. The molecule has 2 fully saturated rings. The topological polar surface area (TPSA) is 36.4 Å². The first-order chi connectivity index (χ1) is 10.7. The van der Waals surface area contributed by atoms with Crippen molar-refractivity contribution in [2.75, 3.05) is 26.2 Å². The molecule has 1 atom stereocenters. The van der Waals surface area contributed by atoms with Crippen molar-refractivity contribution < 1.29 is 4.79 Å². The van der Waals surface area contributed by atoms with E-state index in [1.165, 1.54) is 13.0 Å². The summed E-state index contributed by atoms with van der Waals surface area (Å²) in [6.45, 7) is 6.20. The summed E-state index contributed by atoms with van der Waals surface area (Å²) in [5, 5.41) is 1.03. The first-order valence-corrected chi connectivity index (χ1v) is 8.11. The van der Waals surface area contributed by atoms with Crippen LogP contribution in [0.4, 0.5) is 0 Å². The third-order valence-corrected chi connectivity index (χ3v) is 5.36. The zero-order valence-corrected chi connectivity index (χ0v) is 13.0. The summed E-state index contributed by atoms with van der Waals surface area (Å²) in [5.41, 5.74) is 1.90. The third-order valence-electron chi connectivity index (χ3n) is 5.36. The fraction of sp³-hybridized carbons (Fsp3) is 0.444. The van der Waals surface area contributed by atoms with Gasteiger partial charge in [0.25, 0.3) is 5.91 Å². The molecule has 3 heterocycles. The van der Waals surface area contributed by atoms with Crippen molar-refractivity contribution in [3.05, 3.63) is 42.1 Å². The minimum Gasteiger partial charge on any atom is -0.337 e. The van der Waals surface area contributed by atoms with Crippen LogP contribution in [0.3, 0.4) is 0 Å². The van der Waals surface area contributed by atoms with Gasteiger partial charge in [0, 0.05) is 36.8 Å². The van der Waals surface area contributed by atoms with Crippen LogP contribution in [0.1, 0.15) is 30.1 Å². The summed E-state index contributed by atoms with van der Waals surface area (Å²) in [6, 6.07) is 9.90. The summed E-state index contributed by atoms with van der Waals surface area (Å²) < 4.78 is 0. The van der Waals surface area contributed by atoms with Gasteiger partial charge in [0.2, 0.25) is 0 Å². The number of carbonyl (C=O) groups is 1. The minimum atomic E-state index is 0.123. The molecule has 114 valence electrons. The van der Waals surface area contributed by atoms with Gasteiger partial charge in [-0.1, -0.05) is 25.1 Å². The number of amides is 1. The molecule has 0 aliphatic carbocycles. The number of nitrogens with zero attached hydrogens (tertiary/aromatic N) is 3. The maximum absolute atomic E-state index is 12.8. The lowest BCUT2D eigenvalue weighted by atomic mass is 9.84. The van der Waals surface area contributed by atoms with Gasteiger partial charge in [-0.05, 0) is 31.5 Å². The highest BCUT2D eigenvalue weighted by Gasteiger charge is 2.49. The van der Waals surface area contributed by atoms with Crippen molar-refractivity contribution in [3.63, 3.8) is 0 Å². The smallest absolute Gasteiger partial charge is 0.255 e. The lowest BCUT2D eigenvalue weighted by Gasteiger charge is -2.50. The molecule has 1 spiro atoms. The van der Waals surface area contributed by atoms with E-state index in [1.54, 1.807) is 6.20 Å². The molecule has 2 aromatic rings. The Balaban J connectivity index is 1.56. The van der Waals surface area contributed by atoms with Crippen LogP contribution in [-0.4, -0.2) is 52.4 Å². The van der Waals surface area contributed by atoms with Gasteiger partial charge >= 0.3 is 0 Å². The van der Waals surface area contributed by atoms with Gasteiger partial charge in [0.15, 0.2) is 0 Å². The molecule has 0 unspecified atom stereocenters. The Kier molecular flexibility index (Phi) is 3.15. The average molecular weight is 295 g/mol. The van der Waals surface area contributed by atoms with Crippen molar-refractivity contribution >= 4 is 16.8 Å². The third kappa shape index (κ3) is 2.02. The number of carbonyl (C=O) groups excluding carboxylic acids is 1. The standard InChI is InChI=1S/C18H21N3O/c1-2-21-10-8-18(21)7-9-20(13-18)17(22)15-11-14-5-3-4-6-16(14)19-12-15/h3-6,11-12H,2,7-10,13H2,1H3/t18-/m1/s1. The van der Waals surface area contributed by atoms with Gasteiger partial charge in [0.05, 0.1) is 11.1 Å². The first-order valence-electron chi connectivity index (χ1n) is 8.11. The number of rotatable bonds is 2. The van der Waals surface area contributed by atoms with Crippen molar-refractivity contribution in [3.8, 4) is 0 Å². The van der Waals surface area contributed by atoms with Crippen molar-refractivity contribution in [2.45, 2.75) is 25.3 Å². The van der Waals surface area contributed by atoms with E-state index in [0.717, 1.165) is 37.0 Å². The second-order valence-electron chi connectivity index (χ2n) is 6.45. The van der Waals surface area contributed by atoms with E-state index in [-0.39, 0.29) is 11.4 Å².